The number of nitrogens with zero attached hydrogens (tertiary/aromatic N) is 2. The van der Waals surface area contributed by atoms with Gasteiger partial charge in [-0.3, -0.25) is 10.1 Å². The lowest BCUT2D eigenvalue weighted by Gasteiger charge is -2.31. The number of nitro benzene ring substituents is 1. The lowest BCUT2D eigenvalue weighted by Crippen LogP contribution is -3.13. The fraction of sp³-hybridized carbons (Fsp3) is 0.318. The number of sulfonamides is 1. The molecular weight excluding hydrogens is 434 g/mol. The van der Waals surface area contributed by atoms with Crippen LogP contribution in [0.15, 0.2) is 62.6 Å². The Balaban J connectivity index is 1.52. The third-order valence-corrected chi connectivity index (χ3v) is 7.80. The van der Waals surface area contributed by atoms with Gasteiger partial charge in [0.25, 0.3) is 5.69 Å². The van der Waals surface area contributed by atoms with E-state index in [9.17, 15) is 23.3 Å². The van der Waals surface area contributed by atoms with Gasteiger partial charge in [0.05, 0.1) is 31.1 Å². The molecule has 1 saturated heterocycles. The zero-order valence-electron chi connectivity index (χ0n) is 17.6. The number of quaternary nitrogens is 1. The minimum Gasteiger partial charge on any atom is -0.423 e. The third-order valence-electron chi connectivity index (χ3n) is 5.85. The van der Waals surface area contributed by atoms with Crippen molar-refractivity contribution in [3.63, 3.8) is 0 Å². The standard InChI is InChI=1S/C22H23N3O6S/c1-2-16-7-8-18-17(14-22(26)31-20(18)13-16)15-23-9-11-24(12-10-23)32(29,30)21-6-4-3-5-19(21)25(27)28/h3-8,13-14H,2,9-12,15H2,1H3/p+1. The molecule has 4 rings (SSSR count). The second-order valence-electron chi connectivity index (χ2n) is 7.83. The molecule has 0 spiro atoms. The summed E-state index contributed by atoms with van der Waals surface area (Å²) in [6.07, 6.45) is 0.838. The summed E-state index contributed by atoms with van der Waals surface area (Å²) in [6.45, 7) is 4.12. The second kappa shape index (κ2) is 8.81. The molecule has 9 nitrogen and oxygen atoms in total. The van der Waals surface area contributed by atoms with Gasteiger partial charge < -0.3 is 9.32 Å². The summed E-state index contributed by atoms with van der Waals surface area (Å²) >= 11 is 0. The van der Waals surface area contributed by atoms with Crippen molar-refractivity contribution < 1.29 is 22.7 Å². The van der Waals surface area contributed by atoms with E-state index in [1.165, 1.54) is 34.6 Å². The van der Waals surface area contributed by atoms with Crippen LogP contribution in [0.4, 0.5) is 5.69 Å². The summed E-state index contributed by atoms with van der Waals surface area (Å²) < 4.78 is 32.7. The Hall–Kier alpha value is -3.08. The molecule has 2 heterocycles. The quantitative estimate of drug-likeness (QED) is 0.339. The number of hydrogen-bond acceptors (Lipinski definition) is 6. The molecule has 3 aromatic rings. The summed E-state index contributed by atoms with van der Waals surface area (Å²) in [6, 6.07) is 12.8. The summed E-state index contributed by atoms with van der Waals surface area (Å²) in [5.74, 6) is 0. The zero-order chi connectivity index (χ0) is 22.9. The molecule has 10 heteroatoms. The van der Waals surface area contributed by atoms with Crippen molar-refractivity contribution in [2.75, 3.05) is 26.2 Å². The first-order valence-corrected chi connectivity index (χ1v) is 11.9. The van der Waals surface area contributed by atoms with Gasteiger partial charge in [-0.05, 0) is 24.1 Å². The van der Waals surface area contributed by atoms with E-state index in [2.05, 4.69) is 0 Å². The molecule has 0 amide bonds. The van der Waals surface area contributed by atoms with E-state index in [0.717, 1.165) is 27.8 Å². The van der Waals surface area contributed by atoms with Crippen LogP contribution in [0.3, 0.4) is 0 Å². The van der Waals surface area contributed by atoms with E-state index in [-0.39, 0.29) is 18.0 Å². The van der Waals surface area contributed by atoms with Crippen LogP contribution in [0.25, 0.3) is 11.0 Å². The van der Waals surface area contributed by atoms with Gasteiger partial charge in [0, 0.05) is 23.1 Å². The van der Waals surface area contributed by atoms with E-state index >= 15 is 0 Å². The summed E-state index contributed by atoms with van der Waals surface area (Å²) in [7, 11) is -3.97. The Kier molecular flexibility index (Phi) is 6.09. The lowest BCUT2D eigenvalue weighted by atomic mass is 10.1. The van der Waals surface area contributed by atoms with Gasteiger partial charge >= 0.3 is 5.63 Å². The highest BCUT2D eigenvalue weighted by atomic mass is 32.2. The first-order chi connectivity index (χ1) is 15.3. The molecule has 0 aliphatic carbocycles. The maximum absolute atomic E-state index is 13.0. The van der Waals surface area contributed by atoms with Crippen LogP contribution < -0.4 is 10.5 Å². The third kappa shape index (κ3) is 4.29. The SMILES string of the molecule is CCc1ccc2c(C[NH+]3CCN(S(=O)(=O)c4ccccc4[N+](=O)[O-])CC3)cc(=O)oc2c1. The first-order valence-electron chi connectivity index (χ1n) is 10.4. The fourth-order valence-electron chi connectivity index (χ4n) is 4.09. The Bertz CT molecular complexity index is 1330. The average Bonchev–Trinajstić information content (AvgIpc) is 2.78. The monoisotopic (exact) mass is 458 g/mol. The molecule has 1 N–H and O–H groups in total. The minimum atomic E-state index is -3.97. The molecule has 1 aromatic heterocycles. The first kappa shape index (κ1) is 22.1. The van der Waals surface area contributed by atoms with E-state index in [4.69, 9.17) is 4.42 Å². The van der Waals surface area contributed by atoms with E-state index < -0.39 is 26.3 Å². The number of nitrogens with one attached hydrogen (secondary N) is 1. The molecule has 0 saturated carbocycles. The van der Waals surface area contributed by atoms with Gasteiger partial charge in [-0.2, -0.15) is 4.31 Å². The van der Waals surface area contributed by atoms with Gasteiger partial charge in [-0.25, -0.2) is 13.2 Å². The van der Waals surface area contributed by atoms with E-state index in [1.54, 1.807) is 0 Å². The highest BCUT2D eigenvalue weighted by molar-refractivity contribution is 7.89. The zero-order valence-corrected chi connectivity index (χ0v) is 18.4. The van der Waals surface area contributed by atoms with Crippen LogP contribution in [0.5, 0.6) is 0 Å². The van der Waals surface area contributed by atoms with Gasteiger partial charge in [0.15, 0.2) is 4.90 Å². The maximum Gasteiger partial charge on any atom is 0.336 e. The molecule has 1 aliphatic heterocycles. The Morgan fingerprint density at radius 2 is 1.84 bits per heavy atom. The second-order valence-corrected chi connectivity index (χ2v) is 9.74. The molecule has 32 heavy (non-hydrogen) atoms. The van der Waals surface area contributed by atoms with Crippen molar-refractivity contribution in [2.45, 2.75) is 24.8 Å². The van der Waals surface area contributed by atoms with Gasteiger partial charge in [0.1, 0.15) is 12.1 Å². The normalized spacial score (nSPS) is 15.8. The molecule has 168 valence electrons. The summed E-state index contributed by atoms with van der Waals surface area (Å²) in [4.78, 5) is 23.5. The predicted octanol–water partition coefficient (Wildman–Crippen LogP) is 1.35. The molecule has 2 aromatic carbocycles. The van der Waals surface area contributed by atoms with Crippen LogP contribution in [-0.2, 0) is 23.0 Å². The Morgan fingerprint density at radius 3 is 2.53 bits per heavy atom. The van der Waals surface area contributed by atoms with Crippen molar-refractivity contribution in [2.24, 2.45) is 0 Å². The number of rotatable bonds is 6. The van der Waals surface area contributed by atoms with Crippen LogP contribution >= 0.6 is 0 Å². The van der Waals surface area contributed by atoms with Gasteiger partial charge in [-0.15, -0.1) is 0 Å². The molecule has 0 radical (unpaired) electrons. The molecule has 0 bridgehead atoms. The fourth-order valence-corrected chi connectivity index (χ4v) is 5.69. The number of aryl methyl sites for hydroxylation is 1. The lowest BCUT2D eigenvalue weighted by molar-refractivity contribution is -0.917. The molecule has 1 aliphatic rings. The molecule has 1 fully saturated rings. The van der Waals surface area contributed by atoms with E-state index in [0.29, 0.717) is 25.2 Å². The highest BCUT2D eigenvalue weighted by Gasteiger charge is 2.34. The highest BCUT2D eigenvalue weighted by Crippen LogP contribution is 2.26. The van der Waals surface area contributed by atoms with Gasteiger partial charge in [-0.1, -0.05) is 31.2 Å². The largest absolute Gasteiger partial charge is 0.423 e. The number of nitro groups is 1. The predicted molar refractivity (Wildman–Crippen MR) is 118 cm³/mol. The number of piperazine rings is 1. The van der Waals surface area contributed by atoms with Crippen molar-refractivity contribution in [1.82, 2.24) is 4.31 Å². The number of benzene rings is 2. The average molecular weight is 459 g/mol. The number of para-hydroxylation sites is 1. The summed E-state index contributed by atoms with van der Waals surface area (Å²) in [5, 5.41) is 12.1. The van der Waals surface area contributed by atoms with Crippen molar-refractivity contribution >= 4 is 26.7 Å². The molecule has 0 unspecified atom stereocenters. The maximum atomic E-state index is 13.0. The van der Waals surface area contributed by atoms with Crippen molar-refractivity contribution in [3.8, 4) is 0 Å². The summed E-state index contributed by atoms with van der Waals surface area (Å²) in [5.41, 5.74) is 1.68. The van der Waals surface area contributed by atoms with Crippen LogP contribution in [0, 0.1) is 10.1 Å². The molecule has 0 atom stereocenters. The van der Waals surface area contributed by atoms with Crippen molar-refractivity contribution in [3.05, 3.63) is 80.2 Å². The minimum absolute atomic E-state index is 0.239. The smallest absolute Gasteiger partial charge is 0.336 e. The van der Waals surface area contributed by atoms with Crippen LogP contribution in [0.1, 0.15) is 18.1 Å². The van der Waals surface area contributed by atoms with Gasteiger partial charge in [0.2, 0.25) is 10.0 Å². The number of hydrogen-bond donors (Lipinski definition) is 1. The van der Waals surface area contributed by atoms with E-state index in [1.807, 2.05) is 25.1 Å². The van der Waals surface area contributed by atoms with Crippen molar-refractivity contribution in [1.29, 1.82) is 0 Å². The topological polar surface area (TPSA) is 115 Å². The number of fused-ring (bicyclic) bond motifs is 1. The Labute approximate surface area is 185 Å². The van der Waals surface area contributed by atoms with Crippen LogP contribution in [0.2, 0.25) is 0 Å². The van der Waals surface area contributed by atoms with Crippen LogP contribution in [-0.4, -0.2) is 43.8 Å². The molecular formula is C22H24N3O6S+. The Morgan fingerprint density at radius 1 is 1.12 bits per heavy atom.